The van der Waals surface area contributed by atoms with Crippen LogP contribution in [0.25, 0.3) is 11.2 Å². The lowest BCUT2D eigenvalue weighted by Crippen LogP contribution is -2.24. The fourth-order valence-electron chi connectivity index (χ4n) is 2.88. The first-order valence-corrected chi connectivity index (χ1v) is 6.22. The minimum atomic E-state index is 0.126. The van der Waals surface area contributed by atoms with Crippen molar-refractivity contribution in [3.63, 3.8) is 0 Å². The summed E-state index contributed by atoms with van der Waals surface area (Å²) in [4.78, 5) is 16.2. The van der Waals surface area contributed by atoms with E-state index in [9.17, 15) is 0 Å². The third-order valence-corrected chi connectivity index (χ3v) is 4.03. The average Bonchev–Trinajstić information content (AvgIpc) is 2.98. The molecule has 17 heavy (non-hydrogen) atoms. The predicted octanol–water partition coefficient (Wildman–Crippen LogP) is 2.16. The van der Waals surface area contributed by atoms with E-state index in [0.717, 1.165) is 17.8 Å². The Hall–Kier alpha value is -1.65. The monoisotopic (exact) mass is 231 g/mol. The molecule has 0 radical (unpaired) electrons. The lowest BCUT2D eigenvalue weighted by molar-refractivity contribution is 0.400. The molecule has 5 heteroatoms. The van der Waals surface area contributed by atoms with Gasteiger partial charge in [0.25, 0.3) is 0 Å². The summed E-state index contributed by atoms with van der Waals surface area (Å²) in [7, 11) is 0. The Morgan fingerprint density at radius 2 is 2.12 bits per heavy atom. The fourth-order valence-corrected chi connectivity index (χ4v) is 2.88. The van der Waals surface area contributed by atoms with Gasteiger partial charge in [0.05, 0.1) is 6.33 Å². The Bertz CT molecular complexity index is 539. The fraction of sp³-hybridized carbons (Fsp3) is 0.583. The molecule has 90 valence electrons. The Morgan fingerprint density at radius 3 is 2.82 bits per heavy atom. The van der Waals surface area contributed by atoms with Crippen LogP contribution in [0, 0.1) is 0 Å². The molecule has 3 N–H and O–H groups in total. The van der Waals surface area contributed by atoms with E-state index >= 15 is 0 Å². The van der Waals surface area contributed by atoms with Gasteiger partial charge in [-0.15, -0.1) is 0 Å². The topological polar surface area (TPSA) is 80.5 Å². The van der Waals surface area contributed by atoms with E-state index in [1.807, 2.05) is 0 Å². The second kappa shape index (κ2) is 3.68. The molecule has 2 heterocycles. The summed E-state index contributed by atoms with van der Waals surface area (Å²) >= 11 is 0. The smallest absolute Gasteiger partial charge is 0.183 e. The number of hydrogen-bond donors (Lipinski definition) is 2. The summed E-state index contributed by atoms with van der Waals surface area (Å²) in [6.07, 6.45) is 7.54. The Balaban J connectivity index is 2.16. The molecule has 0 amide bonds. The van der Waals surface area contributed by atoms with E-state index in [-0.39, 0.29) is 5.41 Å². The third kappa shape index (κ3) is 1.49. The maximum atomic E-state index is 5.96. The normalized spacial score (nSPS) is 18.9. The van der Waals surface area contributed by atoms with E-state index < -0.39 is 0 Å². The molecule has 0 aliphatic heterocycles. The molecule has 5 nitrogen and oxygen atoms in total. The molecule has 0 aromatic carbocycles. The van der Waals surface area contributed by atoms with Gasteiger partial charge < -0.3 is 10.7 Å². The van der Waals surface area contributed by atoms with Gasteiger partial charge in [-0.3, -0.25) is 0 Å². The van der Waals surface area contributed by atoms with Crippen LogP contribution in [0.3, 0.4) is 0 Å². The van der Waals surface area contributed by atoms with Gasteiger partial charge >= 0.3 is 0 Å². The van der Waals surface area contributed by atoms with Crippen LogP contribution in [0.4, 0.5) is 5.82 Å². The minimum Gasteiger partial charge on any atom is -0.382 e. The lowest BCUT2D eigenvalue weighted by atomic mass is 9.82. The van der Waals surface area contributed by atoms with Crippen LogP contribution >= 0.6 is 0 Å². The maximum Gasteiger partial charge on any atom is 0.183 e. The van der Waals surface area contributed by atoms with Gasteiger partial charge in [0.2, 0.25) is 0 Å². The number of H-pyrrole nitrogens is 1. The van der Waals surface area contributed by atoms with E-state index in [4.69, 9.17) is 5.73 Å². The largest absolute Gasteiger partial charge is 0.382 e. The summed E-state index contributed by atoms with van der Waals surface area (Å²) in [5.41, 5.74) is 7.52. The van der Waals surface area contributed by atoms with Gasteiger partial charge in [0.15, 0.2) is 11.5 Å². The number of nitrogens with two attached hydrogens (primary N) is 1. The van der Waals surface area contributed by atoms with Crippen LogP contribution in [0.1, 0.15) is 44.9 Å². The quantitative estimate of drug-likeness (QED) is 0.829. The number of aromatic amines is 1. The highest BCUT2D eigenvalue weighted by Gasteiger charge is 2.37. The van der Waals surface area contributed by atoms with Crippen LogP contribution < -0.4 is 5.73 Å². The number of anilines is 1. The van der Waals surface area contributed by atoms with Crippen molar-refractivity contribution in [2.75, 3.05) is 5.73 Å². The third-order valence-electron chi connectivity index (χ3n) is 4.03. The predicted molar refractivity (Wildman–Crippen MR) is 66.5 cm³/mol. The second-order valence-electron chi connectivity index (χ2n) is 4.87. The Kier molecular flexibility index (Phi) is 2.28. The standard InChI is InChI=1S/C12H17N5/c1-2-12(5-3-4-6-12)11-16-9(13)8-10(17-11)15-7-14-8/h7H,2-6H2,1H3,(H3,13,14,15,16,17). The highest BCUT2D eigenvalue weighted by molar-refractivity contribution is 5.80. The van der Waals surface area contributed by atoms with Crippen LogP contribution in [-0.2, 0) is 5.41 Å². The van der Waals surface area contributed by atoms with Crippen molar-refractivity contribution in [1.29, 1.82) is 0 Å². The number of nitrogens with one attached hydrogen (secondary N) is 1. The first-order chi connectivity index (χ1) is 8.25. The van der Waals surface area contributed by atoms with Crippen molar-refractivity contribution in [3.8, 4) is 0 Å². The van der Waals surface area contributed by atoms with Crippen LogP contribution in [-0.4, -0.2) is 19.9 Å². The van der Waals surface area contributed by atoms with Gasteiger partial charge in [0, 0.05) is 5.41 Å². The van der Waals surface area contributed by atoms with E-state index in [1.54, 1.807) is 6.33 Å². The lowest BCUT2D eigenvalue weighted by Gasteiger charge is -2.25. The number of rotatable bonds is 2. The number of nitrogen functional groups attached to an aromatic ring is 1. The second-order valence-corrected chi connectivity index (χ2v) is 4.87. The molecule has 1 fully saturated rings. The van der Waals surface area contributed by atoms with Crippen molar-refractivity contribution in [3.05, 3.63) is 12.2 Å². The highest BCUT2D eigenvalue weighted by atomic mass is 15.1. The molecule has 0 unspecified atom stereocenters. The number of nitrogens with zero attached hydrogens (tertiary/aromatic N) is 3. The molecule has 0 atom stereocenters. The van der Waals surface area contributed by atoms with Gasteiger partial charge in [-0.2, -0.15) is 0 Å². The SMILES string of the molecule is CCC1(c2nc(N)c3[nH]cnc3n2)CCCC1. The zero-order chi connectivity index (χ0) is 11.9. The maximum absolute atomic E-state index is 5.96. The highest BCUT2D eigenvalue weighted by Crippen LogP contribution is 2.42. The van der Waals surface area contributed by atoms with E-state index in [0.29, 0.717) is 11.5 Å². The molecule has 0 spiro atoms. The molecular formula is C12H17N5. The average molecular weight is 231 g/mol. The Labute approximate surface area is 99.9 Å². The zero-order valence-corrected chi connectivity index (χ0v) is 10.0. The van der Waals surface area contributed by atoms with Gasteiger partial charge in [0.1, 0.15) is 11.3 Å². The van der Waals surface area contributed by atoms with Gasteiger partial charge in [-0.1, -0.05) is 19.8 Å². The van der Waals surface area contributed by atoms with Crippen molar-refractivity contribution in [2.45, 2.75) is 44.4 Å². The summed E-state index contributed by atoms with van der Waals surface area (Å²) in [6.45, 7) is 2.21. The number of aromatic nitrogens is 4. The summed E-state index contributed by atoms with van der Waals surface area (Å²) in [6, 6.07) is 0. The molecule has 0 saturated heterocycles. The molecule has 2 aromatic rings. The van der Waals surface area contributed by atoms with Gasteiger partial charge in [-0.05, 0) is 19.3 Å². The van der Waals surface area contributed by atoms with E-state index in [2.05, 4.69) is 26.9 Å². The zero-order valence-electron chi connectivity index (χ0n) is 10.0. The Morgan fingerprint density at radius 1 is 1.35 bits per heavy atom. The summed E-state index contributed by atoms with van der Waals surface area (Å²) in [5, 5.41) is 0. The number of hydrogen-bond acceptors (Lipinski definition) is 4. The molecule has 1 saturated carbocycles. The molecule has 3 rings (SSSR count). The van der Waals surface area contributed by atoms with Gasteiger partial charge in [-0.25, -0.2) is 15.0 Å². The summed E-state index contributed by atoms with van der Waals surface area (Å²) < 4.78 is 0. The molecule has 0 bridgehead atoms. The minimum absolute atomic E-state index is 0.126. The molecule has 2 aromatic heterocycles. The summed E-state index contributed by atoms with van der Waals surface area (Å²) in [5.74, 6) is 1.40. The van der Waals surface area contributed by atoms with Crippen LogP contribution in [0.15, 0.2) is 6.33 Å². The first kappa shape index (κ1) is 10.5. The first-order valence-electron chi connectivity index (χ1n) is 6.22. The number of imidazole rings is 1. The van der Waals surface area contributed by atoms with Crippen molar-refractivity contribution in [1.82, 2.24) is 19.9 Å². The van der Waals surface area contributed by atoms with E-state index in [1.165, 1.54) is 25.7 Å². The van der Waals surface area contributed by atoms with Crippen molar-refractivity contribution >= 4 is 17.0 Å². The van der Waals surface area contributed by atoms with Crippen LogP contribution in [0.2, 0.25) is 0 Å². The van der Waals surface area contributed by atoms with Crippen molar-refractivity contribution < 1.29 is 0 Å². The molecule has 1 aliphatic rings. The molecule has 1 aliphatic carbocycles. The van der Waals surface area contributed by atoms with Crippen LogP contribution in [0.5, 0.6) is 0 Å². The van der Waals surface area contributed by atoms with Crippen molar-refractivity contribution in [2.24, 2.45) is 0 Å². The molecular weight excluding hydrogens is 214 g/mol. The number of fused-ring (bicyclic) bond motifs is 1.